The molecule has 40 heavy (non-hydrogen) atoms. The van der Waals surface area contributed by atoms with Crippen molar-refractivity contribution in [2.75, 3.05) is 6.61 Å². The van der Waals surface area contributed by atoms with Crippen LogP contribution in [0.2, 0.25) is 0 Å². The van der Waals surface area contributed by atoms with Gasteiger partial charge >= 0.3 is 11.9 Å². The lowest BCUT2D eigenvalue weighted by atomic mass is 9.43. The molecule has 0 amide bonds. The number of carboxylic acid groups (broad SMARTS) is 1. The third kappa shape index (κ3) is 2.85. The highest BCUT2D eigenvalue weighted by Crippen LogP contribution is 2.82. The molecule has 10 heteroatoms. The van der Waals surface area contributed by atoms with Crippen LogP contribution in [-0.4, -0.2) is 71.9 Å². The molecule has 8 bridgehead atoms. The Morgan fingerprint density at radius 1 is 1.27 bits per heavy atom. The number of aliphatic carboxylic acids is 1. The van der Waals surface area contributed by atoms with Crippen molar-refractivity contribution < 1.29 is 43.5 Å². The molecule has 218 valence electrons. The minimum Gasteiger partial charge on any atom is -0.481 e. The number of rotatable bonds is 9. The number of hydrogen-bond acceptors (Lipinski definition) is 9. The van der Waals surface area contributed by atoms with Crippen molar-refractivity contribution in [3.63, 3.8) is 0 Å². The van der Waals surface area contributed by atoms with Gasteiger partial charge in [-0.25, -0.2) is 0 Å². The van der Waals surface area contributed by atoms with Crippen LogP contribution in [0.15, 0.2) is 11.6 Å². The normalized spacial score (nSPS) is 53.5. The number of fused-ring (bicyclic) bond motifs is 2. The van der Waals surface area contributed by atoms with Crippen molar-refractivity contribution in [2.45, 2.75) is 103 Å². The van der Waals surface area contributed by atoms with E-state index in [2.05, 4.69) is 19.1 Å². The molecule has 0 aromatic carbocycles. The van der Waals surface area contributed by atoms with Gasteiger partial charge in [0.05, 0.1) is 18.1 Å². The van der Waals surface area contributed by atoms with E-state index >= 15 is 0 Å². The fourth-order valence-electron chi connectivity index (χ4n) is 10.4. The first-order valence-electron chi connectivity index (χ1n) is 14.9. The number of aldehydes is 1. The second kappa shape index (κ2) is 8.59. The Morgan fingerprint density at radius 2 is 2.05 bits per heavy atom. The number of nitrogens with zero attached hydrogens (tertiary/aromatic N) is 1. The highest BCUT2D eigenvalue weighted by molar-refractivity contribution is 5.90. The molecule has 4 heterocycles. The topological polar surface area (TPSA) is 145 Å². The smallest absolute Gasteiger partial charge is 0.316 e. The standard InChI is InChI=1S/C30H39NO9/c1-5-17(11-31)37-21-22-24(33)30(39-23(21)25(38-22)40-30)36-13-28-10-18-15(4)6-7-19(18)27(12-32)9-16(28)8-20(14(2)3)29(27,28)26(34)35/h8,12,14-19,21-25,33H,5-7,9-10,13H2,1-4H3,(H,34,35). The first-order chi connectivity index (χ1) is 19.1. The van der Waals surface area contributed by atoms with Crippen LogP contribution in [0, 0.1) is 57.2 Å². The number of hydrogen-bond donors (Lipinski definition) is 2. The van der Waals surface area contributed by atoms with Crippen LogP contribution in [-0.2, 0) is 33.3 Å². The third-order valence-corrected chi connectivity index (χ3v) is 12.0. The molecule has 14 unspecified atom stereocenters. The molecule has 4 aliphatic carbocycles. The maximum Gasteiger partial charge on any atom is 0.316 e. The predicted octanol–water partition coefficient (Wildman–Crippen LogP) is 2.78. The number of nitriles is 1. The van der Waals surface area contributed by atoms with Crippen molar-refractivity contribution >= 4 is 12.3 Å². The maximum absolute atomic E-state index is 13.7. The molecule has 14 atom stereocenters. The summed E-state index contributed by atoms with van der Waals surface area (Å²) in [4.78, 5) is 26.9. The van der Waals surface area contributed by atoms with Crippen LogP contribution >= 0.6 is 0 Å². The molecule has 4 aliphatic heterocycles. The average Bonchev–Trinajstić information content (AvgIpc) is 3.66. The Morgan fingerprint density at radius 3 is 2.70 bits per heavy atom. The number of aliphatic hydroxyl groups excluding tert-OH is 1. The summed E-state index contributed by atoms with van der Waals surface area (Å²) in [5.41, 5.74) is -2.47. The first kappa shape index (κ1) is 27.0. The number of allylic oxidation sites excluding steroid dienone is 1. The van der Waals surface area contributed by atoms with Crippen LogP contribution in [0.4, 0.5) is 0 Å². The molecule has 8 rings (SSSR count). The Balaban J connectivity index is 1.25. The van der Waals surface area contributed by atoms with Gasteiger partial charge in [0, 0.05) is 5.41 Å². The molecule has 0 aromatic rings. The summed E-state index contributed by atoms with van der Waals surface area (Å²) in [6, 6.07) is 2.10. The highest BCUT2D eigenvalue weighted by atomic mass is 17.0. The summed E-state index contributed by atoms with van der Waals surface area (Å²) in [7, 11) is 0. The second-order valence-electron chi connectivity index (χ2n) is 13.6. The van der Waals surface area contributed by atoms with Crippen LogP contribution in [0.25, 0.3) is 0 Å². The van der Waals surface area contributed by atoms with E-state index in [1.54, 1.807) is 0 Å². The van der Waals surface area contributed by atoms with E-state index in [1.165, 1.54) is 0 Å². The Bertz CT molecular complexity index is 1200. The van der Waals surface area contributed by atoms with Gasteiger partial charge in [0.2, 0.25) is 0 Å². The molecule has 0 spiro atoms. The summed E-state index contributed by atoms with van der Waals surface area (Å²) in [5.74, 6) is -2.39. The molecule has 4 saturated heterocycles. The van der Waals surface area contributed by atoms with Gasteiger partial charge in [-0.1, -0.05) is 45.8 Å². The Labute approximate surface area is 233 Å². The zero-order valence-electron chi connectivity index (χ0n) is 23.4. The minimum absolute atomic E-state index is 0.0177. The zero-order chi connectivity index (χ0) is 28.4. The van der Waals surface area contributed by atoms with Crippen molar-refractivity contribution in [3.05, 3.63) is 11.6 Å². The van der Waals surface area contributed by atoms with Crippen molar-refractivity contribution in [1.29, 1.82) is 5.26 Å². The van der Waals surface area contributed by atoms with Gasteiger partial charge in [0.25, 0.3) is 0 Å². The monoisotopic (exact) mass is 557 g/mol. The van der Waals surface area contributed by atoms with Gasteiger partial charge in [0.1, 0.15) is 36.1 Å². The SMILES string of the molecule is CCC(C#N)OC1C2OC3(OCC45CC6C(C)CCC6C6(C=O)CC4C=C(C(C)C)C65C(=O)O)OC2OC1C3O. The largest absolute Gasteiger partial charge is 0.481 e. The van der Waals surface area contributed by atoms with E-state index in [0.29, 0.717) is 25.2 Å². The highest BCUT2D eigenvalue weighted by Gasteiger charge is 2.85. The summed E-state index contributed by atoms with van der Waals surface area (Å²) >= 11 is 0. The molecule has 10 nitrogen and oxygen atoms in total. The summed E-state index contributed by atoms with van der Waals surface area (Å²) in [6.07, 6.45) is 1.46. The Kier molecular flexibility index (Phi) is 5.79. The first-order valence-corrected chi connectivity index (χ1v) is 14.9. The van der Waals surface area contributed by atoms with Crippen molar-refractivity contribution in [2.24, 2.45) is 45.8 Å². The van der Waals surface area contributed by atoms with E-state index in [-0.39, 0.29) is 30.3 Å². The molecule has 2 N–H and O–H groups in total. The maximum atomic E-state index is 13.7. The van der Waals surface area contributed by atoms with Crippen LogP contribution < -0.4 is 0 Å². The third-order valence-electron chi connectivity index (χ3n) is 12.0. The zero-order valence-corrected chi connectivity index (χ0v) is 23.4. The Hall–Kier alpha value is -1.87. The van der Waals surface area contributed by atoms with Crippen LogP contribution in [0.3, 0.4) is 0 Å². The average molecular weight is 558 g/mol. The summed E-state index contributed by atoms with van der Waals surface area (Å²) in [5, 5.41) is 31.9. The van der Waals surface area contributed by atoms with Gasteiger partial charge in [-0.3, -0.25) is 9.53 Å². The van der Waals surface area contributed by atoms with Gasteiger partial charge < -0.3 is 34.0 Å². The van der Waals surface area contributed by atoms with Gasteiger partial charge in [-0.05, 0) is 55.3 Å². The number of carboxylic acids is 1. The molecular formula is C30H39NO9. The van der Waals surface area contributed by atoms with E-state index in [1.807, 2.05) is 20.8 Å². The quantitative estimate of drug-likeness (QED) is 0.321. The molecule has 0 aromatic heterocycles. The van der Waals surface area contributed by atoms with Gasteiger partial charge in [-0.2, -0.15) is 5.26 Å². The molecule has 0 radical (unpaired) electrons. The van der Waals surface area contributed by atoms with E-state index < -0.39 is 65.0 Å². The summed E-state index contributed by atoms with van der Waals surface area (Å²) in [6.45, 7) is 8.02. The second-order valence-corrected chi connectivity index (χ2v) is 13.6. The van der Waals surface area contributed by atoms with E-state index in [0.717, 1.165) is 24.7 Å². The van der Waals surface area contributed by atoms with E-state index in [9.17, 15) is 25.1 Å². The number of carbonyl (C=O) groups is 2. The van der Waals surface area contributed by atoms with Crippen LogP contribution in [0.5, 0.6) is 0 Å². The van der Waals surface area contributed by atoms with E-state index in [4.69, 9.17) is 23.7 Å². The van der Waals surface area contributed by atoms with Crippen LogP contribution in [0.1, 0.15) is 59.8 Å². The fourth-order valence-corrected chi connectivity index (χ4v) is 10.4. The molecule has 3 saturated carbocycles. The molecule has 8 aliphatic rings. The minimum atomic E-state index is -1.83. The van der Waals surface area contributed by atoms with Crippen molar-refractivity contribution in [3.8, 4) is 6.07 Å². The summed E-state index contributed by atoms with van der Waals surface area (Å²) < 4.78 is 30.5. The number of aliphatic hydroxyl groups is 1. The molecular weight excluding hydrogens is 518 g/mol. The number of carbonyl (C=O) groups excluding carboxylic acids is 1. The fraction of sp³-hybridized carbons (Fsp3) is 0.833. The van der Waals surface area contributed by atoms with Gasteiger partial charge in [0.15, 0.2) is 12.4 Å². The van der Waals surface area contributed by atoms with Crippen molar-refractivity contribution in [1.82, 2.24) is 0 Å². The lowest BCUT2D eigenvalue weighted by Gasteiger charge is -2.58. The lowest BCUT2D eigenvalue weighted by Crippen LogP contribution is -2.66. The predicted molar refractivity (Wildman–Crippen MR) is 136 cm³/mol. The molecule has 7 fully saturated rings. The number of ether oxygens (including phenoxy) is 5. The van der Waals surface area contributed by atoms with Gasteiger partial charge in [-0.15, -0.1) is 0 Å². The lowest BCUT2D eigenvalue weighted by molar-refractivity contribution is -0.449.